The lowest BCUT2D eigenvalue weighted by molar-refractivity contribution is -0.137. The zero-order chi connectivity index (χ0) is 22.9. The van der Waals surface area contributed by atoms with Gasteiger partial charge in [0.05, 0.1) is 17.6 Å². The molecule has 0 radical (unpaired) electrons. The van der Waals surface area contributed by atoms with Crippen molar-refractivity contribution in [2.24, 2.45) is 0 Å². The zero-order valence-corrected chi connectivity index (χ0v) is 19.2. The molecule has 3 amide bonds. The molecule has 0 bridgehead atoms. The van der Waals surface area contributed by atoms with Crippen LogP contribution in [0.15, 0.2) is 30.3 Å². The highest BCUT2D eigenvalue weighted by molar-refractivity contribution is 6.06. The van der Waals surface area contributed by atoms with E-state index in [9.17, 15) is 14.4 Å². The first-order chi connectivity index (χ1) is 16.0. The fourth-order valence-electron chi connectivity index (χ4n) is 5.12. The molecule has 1 atom stereocenters. The number of piperazine rings is 1. The molecule has 0 spiro atoms. The standard InChI is InChI=1S/C25H31N5O3/c1-27-11-13-28(14-12-27)25(33)20-15-22(26-21-6-3-2-5-19(20)21)18-8-10-30(16-18)24(32)17-29-9-4-7-23(29)31/h2-3,5-6,15,18H,4,7-14,16-17H2,1H3/t18-/m1/s1. The van der Waals surface area contributed by atoms with Crippen molar-refractivity contribution in [3.05, 3.63) is 41.6 Å². The summed E-state index contributed by atoms with van der Waals surface area (Å²) in [5.41, 5.74) is 2.39. The number of hydrogen-bond donors (Lipinski definition) is 0. The SMILES string of the molecule is CN1CCN(C(=O)c2cc([C@@H]3CCN(C(=O)CN4CCCC4=O)C3)nc3ccccc23)CC1. The molecule has 174 valence electrons. The van der Waals surface area contributed by atoms with E-state index in [1.807, 2.05) is 40.1 Å². The Kier molecular flexibility index (Phi) is 6.01. The Balaban J connectivity index is 1.36. The number of hydrogen-bond acceptors (Lipinski definition) is 5. The summed E-state index contributed by atoms with van der Waals surface area (Å²) in [4.78, 5) is 50.7. The molecule has 0 N–H and O–H groups in total. The number of likely N-dealkylation sites (tertiary alicyclic amines) is 2. The van der Waals surface area contributed by atoms with Crippen LogP contribution in [0.2, 0.25) is 0 Å². The van der Waals surface area contributed by atoms with Gasteiger partial charge in [0.1, 0.15) is 0 Å². The third kappa shape index (κ3) is 4.44. The molecule has 8 nitrogen and oxygen atoms in total. The Morgan fingerprint density at radius 2 is 1.82 bits per heavy atom. The van der Waals surface area contributed by atoms with Crippen LogP contribution in [0, 0.1) is 0 Å². The second-order valence-corrected chi connectivity index (χ2v) is 9.45. The van der Waals surface area contributed by atoms with Crippen molar-refractivity contribution in [2.75, 3.05) is 59.4 Å². The van der Waals surface area contributed by atoms with Crippen LogP contribution in [0.25, 0.3) is 10.9 Å². The van der Waals surface area contributed by atoms with Gasteiger partial charge in [-0.3, -0.25) is 19.4 Å². The summed E-state index contributed by atoms with van der Waals surface area (Å²) in [6, 6.07) is 9.76. The van der Waals surface area contributed by atoms with Gasteiger partial charge >= 0.3 is 0 Å². The maximum atomic E-state index is 13.5. The molecule has 1 aromatic heterocycles. The second kappa shape index (κ2) is 9.09. The van der Waals surface area contributed by atoms with Crippen LogP contribution in [0.4, 0.5) is 0 Å². The maximum absolute atomic E-state index is 13.5. The molecule has 5 rings (SSSR count). The molecule has 2 aromatic rings. The van der Waals surface area contributed by atoms with E-state index in [0.29, 0.717) is 31.6 Å². The van der Waals surface area contributed by atoms with Crippen LogP contribution in [0.5, 0.6) is 0 Å². The first kappa shape index (κ1) is 21.8. The molecule has 0 unspecified atom stereocenters. The van der Waals surface area contributed by atoms with E-state index in [1.165, 1.54) is 0 Å². The van der Waals surface area contributed by atoms with Crippen LogP contribution in [0.3, 0.4) is 0 Å². The monoisotopic (exact) mass is 449 g/mol. The van der Waals surface area contributed by atoms with Crippen LogP contribution >= 0.6 is 0 Å². The number of likely N-dealkylation sites (N-methyl/N-ethyl adjacent to an activating group) is 1. The van der Waals surface area contributed by atoms with Gasteiger partial charge in [-0.2, -0.15) is 0 Å². The molecule has 33 heavy (non-hydrogen) atoms. The molecule has 1 aromatic carbocycles. The normalized spacial score (nSPS) is 21.9. The summed E-state index contributed by atoms with van der Waals surface area (Å²) in [6.45, 7) is 5.28. The Bertz CT molecular complexity index is 1080. The van der Waals surface area contributed by atoms with Crippen molar-refractivity contribution in [3.63, 3.8) is 0 Å². The van der Waals surface area contributed by atoms with Gasteiger partial charge in [-0.15, -0.1) is 0 Å². The third-order valence-corrected chi connectivity index (χ3v) is 7.21. The smallest absolute Gasteiger partial charge is 0.254 e. The van der Waals surface area contributed by atoms with E-state index in [-0.39, 0.29) is 30.2 Å². The molecule has 4 heterocycles. The maximum Gasteiger partial charge on any atom is 0.254 e. The third-order valence-electron chi connectivity index (χ3n) is 7.21. The summed E-state index contributed by atoms with van der Waals surface area (Å²) in [6.07, 6.45) is 2.19. The van der Waals surface area contributed by atoms with Gasteiger partial charge in [0.15, 0.2) is 0 Å². The molecule has 3 fully saturated rings. The summed E-state index contributed by atoms with van der Waals surface area (Å²) < 4.78 is 0. The average Bonchev–Trinajstić information content (AvgIpc) is 3.48. The van der Waals surface area contributed by atoms with Gasteiger partial charge in [0.25, 0.3) is 5.91 Å². The van der Waals surface area contributed by atoms with Crippen LogP contribution in [-0.4, -0.2) is 102 Å². The lowest BCUT2D eigenvalue weighted by Crippen LogP contribution is -2.47. The van der Waals surface area contributed by atoms with Crippen molar-refractivity contribution in [2.45, 2.75) is 25.2 Å². The minimum Gasteiger partial charge on any atom is -0.340 e. The number of para-hydroxylation sites is 1. The molecular weight excluding hydrogens is 418 g/mol. The number of rotatable bonds is 4. The summed E-state index contributed by atoms with van der Waals surface area (Å²) in [7, 11) is 2.08. The second-order valence-electron chi connectivity index (χ2n) is 9.45. The molecule has 3 aliphatic rings. The Hall–Kier alpha value is -3.00. The summed E-state index contributed by atoms with van der Waals surface area (Å²) >= 11 is 0. The number of carbonyl (C=O) groups excluding carboxylic acids is 3. The van der Waals surface area contributed by atoms with Crippen molar-refractivity contribution in [1.29, 1.82) is 0 Å². The van der Waals surface area contributed by atoms with Gasteiger partial charge in [0.2, 0.25) is 11.8 Å². The van der Waals surface area contributed by atoms with Gasteiger partial charge in [-0.1, -0.05) is 18.2 Å². The molecule has 0 saturated carbocycles. The number of aromatic nitrogens is 1. The number of nitrogens with zero attached hydrogens (tertiary/aromatic N) is 5. The topological polar surface area (TPSA) is 77.1 Å². The first-order valence-corrected chi connectivity index (χ1v) is 11.9. The highest BCUT2D eigenvalue weighted by Gasteiger charge is 2.32. The highest BCUT2D eigenvalue weighted by atomic mass is 16.2. The lowest BCUT2D eigenvalue weighted by Gasteiger charge is -2.32. The van der Waals surface area contributed by atoms with Crippen molar-refractivity contribution in [1.82, 2.24) is 24.6 Å². The predicted molar refractivity (Wildman–Crippen MR) is 125 cm³/mol. The quantitative estimate of drug-likeness (QED) is 0.708. The minimum absolute atomic E-state index is 0.00211. The Morgan fingerprint density at radius 1 is 1.03 bits per heavy atom. The number of pyridine rings is 1. The van der Waals surface area contributed by atoms with E-state index >= 15 is 0 Å². The van der Waals surface area contributed by atoms with Gasteiger partial charge in [-0.05, 0) is 32.0 Å². The first-order valence-electron chi connectivity index (χ1n) is 11.9. The van der Waals surface area contributed by atoms with Gasteiger partial charge in [0, 0.05) is 69.2 Å². The fraction of sp³-hybridized carbons (Fsp3) is 0.520. The minimum atomic E-state index is 0.00211. The van der Waals surface area contributed by atoms with Crippen LogP contribution < -0.4 is 0 Å². The molecule has 3 aliphatic heterocycles. The van der Waals surface area contributed by atoms with E-state index in [4.69, 9.17) is 4.98 Å². The average molecular weight is 450 g/mol. The number of carbonyl (C=O) groups is 3. The van der Waals surface area contributed by atoms with E-state index in [0.717, 1.165) is 55.6 Å². The molecule has 3 saturated heterocycles. The predicted octanol–water partition coefficient (Wildman–Crippen LogP) is 1.56. The Labute approximate surface area is 194 Å². The van der Waals surface area contributed by atoms with Crippen molar-refractivity contribution >= 4 is 28.6 Å². The van der Waals surface area contributed by atoms with Crippen molar-refractivity contribution < 1.29 is 14.4 Å². The number of benzene rings is 1. The fourth-order valence-corrected chi connectivity index (χ4v) is 5.12. The zero-order valence-electron chi connectivity index (χ0n) is 19.2. The van der Waals surface area contributed by atoms with E-state index in [1.54, 1.807) is 4.90 Å². The largest absolute Gasteiger partial charge is 0.340 e. The number of amides is 3. The molecule has 8 heteroatoms. The van der Waals surface area contributed by atoms with Gasteiger partial charge < -0.3 is 19.6 Å². The van der Waals surface area contributed by atoms with Crippen molar-refractivity contribution in [3.8, 4) is 0 Å². The highest BCUT2D eigenvalue weighted by Crippen LogP contribution is 2.30. The lowest BCUT2D eigenvalue weighted by atomic mass is 9.98. The van der Waals surface area contributed by atoms with Gasteiger partial charge in [-0.25, -0.2) is 0 Å². The van der Waals surface area contributed by atoms with E-state index < -0.39 is 0 Å². The molecular formula is C25H31N5O3. The number of fused-ring (bicyclic) bond motifs is 1. The van der Waals surface area contributed by atoms with E-state index in [2.05, 4.69) is 11.9 Å². The summed E-state index contributed by atoms with van der Waals surface area (Å²) in [5.74, 6) is 0.220. The van der Waals surface area contributed by atoms with Crippen LogP contribution in [-0.2, 0) is 9.59 Å². The summed E-state index contributed by atoms with van der Waals surface area (Å²) in [5, 5.41) is 0.878. The van der Waals surface area contributed by atoms with Crippen LogP contribution in [0.1, 0.15) is 41.2 Å². The Morgan fingerprint density at radius 3 is 2.58 bits per heavy atom. The molecule has 0 aliphatic carbocycles.